The van der Waals surface area contributed by atoms with Crippen molar-refractivity contribution in [3.05, 3.63) is 36.9 Å². The van der Waals surface area contributed by atoms with Gasteiger partial charge in [0.1, 0.15) is 6.04 Å². The van der Waals surface area contributed by atoms with Crippen LogP contribution in [0.15, 0.2) is 36.9 Å². The lowest BCUT2D eigenvalue weighted by Crippen LogP contribution is -2.58. The van der Waals surface area contributed by atoms with Crippen LogP contribution in [-0.4, -0.2) is 82.7 Å². The van der Waals surface area contributed by atoms with Crippen LogP contribution < -0.4 is 9.80 Å². The molecule has 8 nitrogen and oxygen atoms in total. The predicted molar refractivity (Wildman–Crippen MR) is 160 cm³/mol. The highest BCUT2D eigenvalue weighted by molar-refractivity contribution is 8.02. The number of amides is 2. The molecule has 3 heterocycles. The van der Waals surface area contributed by atoms with Crippen molar-refractivity contribution in [1.29, 1.82) is 0 Å². The summed E-state index contributed by atoms with van der Waals surface area (Å²) in [6.45, 7) is 16.0. The molecule has 0 radical (unpaired) electrons. The highest BCUT2D eigenvalue weighted by Crippen LogP contribution is 2.67. The molecule has 1 spiro atoms. The normalized spacial score (nSPS) is 28.2. The largest absolute Gasteiger partial charge is 0.466 e. The van der Waals surface area contributed by atoms with Crippen LogP contribution in [0.3, 0.4) is 0 Å². The summed E-state index contributed by atoms with van der Waals surface area (Å²) in [7, 11) is 0. The number of hydrogen-bond acceptors (Lipinski definition) is 7. The fourth-order valence-electron chi connectivity index (χ4n) is 7.08. The van der Waals surface area contributed by atoms with E-state index in [9.17, 15) is 19.5 Å². The predicted octanol–water partition coefficient (Wildman–Crippen LogP) is 4.11. The number of likely N-dealkylation sites (tertiary alicyclic amines) is 1. The van der Waals surface area contributed by atoms with Crippen molar-refractivity contribution in [2.75, 3.05) is 42.6 Å². The van der Waals surface area contributed by atoms with Gasteiger partial charge in [-0.1, -0.05) is 26.3 Å². The number of carbonyl (C=O) groups is 3. The lowest BCUT2D eigenvalue weighted by molar-refractivity contribution is -0.154. The molecule has 3 aliphatic heterocycles. The Balaban J connectivity index is 1.79. The van der Waals surface area contributed by atoms with E-state index < -0.39 is 28.7 Å². The van der Waals surface area contributed by atoms with Crippen molar-refractivity contribution in [2.24, 2.45) is 17.8 Å². The third kappa shape index (κ3) is 4.93. The van der Waals surface area contributed by atoms with Crippen LogP contribution in [0, 0.1) is 17.8 Å². The van der Waals surface area contributed by atoms with E-state index in [0.717, 1.165) is 37.3 Å². The number of aliphatic hydroxyl groups is 1. The molecule has 9 heteroatoms. The number of benzene rings is 1. The van der Waals surface area contributed by atoms with Gasteiger partial charge in [0.25, 0.3) is 5.91 Å². The Labute approximate surface area is 243 Å². The van der Waals surface area contributed by atoms with E-state index in [1.165, 1.54) is 0 Å². The minimum Gasteiger partial charge on any atom is -0.466 e. The maximum atomic E-state index is 14.7. The number of fused-ring (bicyclic) bond motifs is 1. The number of thioether (sulfide) groups is 1. The smallest absolute Gasteiger partial charge is 0.310 e. The van der Waals surface area contributed by atoms with Gasteiger partial charge < -0.3 is 24.5 Å². The zero-order valence-electron chi connectivity index (χ0n) is 24.5. The molecule has 2 amide bonds. The Morgan fingerprint density at radius 2 is 1.85 bits per heavy atom. The summed E-state index contributed by atoms with van der Waals surface area (Å²) in [4.78, 5) is 47.8. The molecule has 1 aromatic rings. The van der Waals surface area contributed by atoms with Crippen LogP contribution in [0.1, 0.15) is 53.9 Å². The topological polar surface area (TPSA) is 90.4 Å². The molecule has 0 saturated carbocycles. The summed E-state index contributed by atoms with van der Waals surface area (Å²) in [6.07, 6.45) is 3.87. The third-order valence-electron chi connectivity index (χ3n) is 9.24. The molecular weight excluding hydrogens is 526 g/mol. The lowest BCUT2D eigenvalue weighted by atomic mass is 9.71. The monoisotopic (exact) mass is 571 g/mol. The number of anilines is 2. The minimum atomic E-state index is -0.798. The van der Waals surface area contributed by atoms with E-state index in [2.05, 4.69) is 25.3 Å². The molecule has 220 valence electrons. The van der Waals surface area contributed by atoms with Gasteiger partial charge in [0.15, 0.2) is 0 Å². The minimum absolute atomic E-state index is 0.0241. The van der Waals surface area contributed by atoms with Crippen molar-refractivity contribution < 1.29 is 24.2 Å². The number of carbonyl (C=O) groups excluding carboxylic acids is 3. The maximum absolute atomic E-state index is 14.7. The Morgan fingerprint density at radius 3 is 2.40 bits per heavy atom. The first-order valence-corrected chi connectivity index (χ1v) is 15.7. The number of rotatable bonds is 13. The molecule has 0 aromatic heterocycles. The molecule has 2 bridgehead atoms. The Morgan fingerprint density at radius 1 is 1.20 bits per heavy atom. The molecule has 2 unspecified atom stereocenters. The van der Waals surface area contributed by atoms with Crippen molar-refractivity contribution >= 4 is 40.9 Å². The number of ether oxygens (including phenoxy) is 1. The summed E-state index contributed by atoms with van der Waals surface area (Å²) in [6, 6.07) is 6.62. The first kappa shape index (κ1) is 30.4. The van der Waals surface area contributed by atoms with Crippen LogP contribution in [0.25, 0.3) is 0 Å². The van der Waals surface area contributed by atoms with E-state index in [4.69, 9.17) is 4.74 Å². The lowest BCUT2D eigenvalue weighted by Gasteiger charge is -2.41. The molecule has 40 heavy (non-hydrogen) atoms. The number of aliphatic hydroxyl groups excluding tert-OH is 1. The first-order chi connectivity index (χ1) is 19.2. The Bertz CT molecular complexity index is 1090. The van der Waals surface area contributed by atoms with Crippen LogP contribution in [0.5, 0.6) is 0 Å². The zero-order valence-corrected chi connectivity index (χ0v) is 25.4. The van der Waals surface area contributed by atoms with Gasteiger partial charge >= 0.3 is 5.97 Å². The number of nitrogens with zero attached hydrogens (tertiary/aromatic N) is 3. The van der Waals surface area contributed by atoms with Gasteiger partial charge in [-0.2, -0.15) is 0 Å². The van der Waals surface area contributed by atoms with Crippen LogP contribution >= 0.6 is 11.8 Å². The quantitative estimate of drug-likeness (QED) is 0.282. The second kappa shape index (κ2) is 12.6. The highest BCUT2D eigenvalue weighted by Gasteiger charge is 2.75. The Hall–Kier alpha value is -2.52. The summed E-state index contributed by atoms with van der Waals surface area (Å²) >= 11 is 1.62. The Kier molecular flexibility index (Phi) is 9.55. The number of esters is 1. The van der Waals surface area contributed by atoms with E-state index in [1.54, 1.807) is 34.6 Å². The second-order valence-electron chi connectivity index (χ2n) is 11.1. The highest BCUT2D eigenvalue weighted by atomic mass is 32.2. The van der Waals surface area contributed by atoms with Gasteiger partial charge in [-0.05, 0) is 63.8 Å². The molecule has 7 atom stereocenters. The summed E-state index contributed by atoms with van der Waals surface area (Å²) < 4.78 is 4.70. The molecule has 1 aromatic carbocycles. The summed E-state index contributed by atoms with van der Waals surface area (Å²) in [5, 5.41) is 10.5. The molecule has 3 fully saturated rings. The van der Waals surface area contributed by atoms with E-state index in [-0.39, 0.29) is 48.7 Å². The molecule has 0 aliphatic carbocycles. The van der Waals surface area contributed by atoms with Crippen LogP contribution in [0.2, 0.25) is 0 Å². The summed E-state index contributed by atoms with van der Waals surface area (Å²) in [5.74, 6) is -2.00. The van der Waals surface area contributed by atoms with Gasteiger partial charge in [-0.25, -0.2) is 0 Å². The third-order valence-corrected chi connectivity index (χ3v) is 11.2. The first-order valence-electron chi connectivity index (χ1n) is 14.8. The van der Waals surface area contributed by atoms with Crippen LogP contribution in [-0.2, 0) is 19.1 Å². The van der Waals surface area contributed by atoms with Gasteiger partial charge in [-0.15, -0.1) is 18.3 Å². The van der Waals surface area contributed by atoms with Gasteiger partial charge in [-0.3, -0.25) is 14.4 Å². The van der Waals surface area contributed by atoms with E-state index in [1.807, 2.05) is 38.1 Å². The molecular formula is C31H45N3O5S. The van der Waals surface area contributed by atoms with Gasteiger partial charge in [0.05, 0.1) is 35.8 Å². The van der Waals surface area contributed by atoms with Crippen LogP contribution in [0.4, 0.5) is 11.4 Å². The van der Waals surface area contributed by atoms with Gasteiger partial charge in [0, 0.05) is 36.3 Å². The average Bonchev–Trinajstić information content (AvgIpc) is 3.60. The molecule has 1 N–H and O–H groups in total. The zero-order chi connectivity index (χ0) is 29.2. The average molecular weight is 572 g/mol. The van der Waals surface area contributed by atoms with E-state index >= 15 is 0 Å². The second-order valence-corrected chi connectivity index (χ2v) is 12.7. The molecule has 4 rings (SSSR count). The molecule has 3 aliphatic rings. The van der Waals surface area contributed by atoms with Crippen molar-refractivity contribution in [1.82, 2.24) is 4.90 Å². The van der Waals surface area contributed by atoms with E-state index in [0.29, 0.717) is 6.42 Å². The van der Waals surface area contributed by atoms with Crippen molar-refractivity contribution in [3.8, 4) is 0 Å². The number of hydrogen-bond donors (Lipinski definition) is 1. The van der Waals surface area contributed by atoms with Crippen molar-refractivity contribution in [3.63, 3.8) is 0 Å². The molecule has 3 saturated heterocycles. The SMILES string of the molecule is C=CCN(C(=O)C1N([C@@H](CO)[C@@H](C)CC)C(=O)[C@@H]2[C@@H](C(=O)OCC)[C@H]3CCC12S3)c1ccc(N(CC)CC)cc1. The fourth-order valence-corrected chi connectivity index (χ4v) is 9.27. The van der Waals surface area contributed by atoms with Gasteiger partial charge in [0.2, 0.25) is 5.91 Å². The fraction of sp³-hybridized carbons (Fsp3) is 0.645. The maximum Gasteiger partial charge on any atom is 0.310 e. The van der Waals surface area contributed by atoms with Crippen molar-refractivity contribution in [2.45, 2.75) is 76.0 Å². The summed E-state index contributed by atoms with van der Waals surface area (Å²) in [5.41, 5.74) is 1.81. The standard InChI is InChI=1S/C31H45N3O5S/c1-7-18-33(22-14-12-21(13-15-22)32(9-3)10-4)29(37)27-31-17-16-24(40-31)25(30(38)39-11-5)26(31)28(36)34(27)23(19-35)20(6)8-2/h7,12-15,20,23-27,35H,1,8-11,16-19H2,2-6H3/t20-,23-,24+,25-,26-,27?,31?/m0/s1.